The number of carbonyl (C=O) groups excluding carboxylic acids is 2. The van der Waals surface area contributed by atoms with Gasteiger partial charge in [0.15, 0.2) is 0 Å². The number of allylic oxidation sites excluding steroid dienone is 2. The number of urea groups is 1. The van der Waals surface area contributed by atoms with Crippen LogP contribution >= 0.6 is 0 Å². The molecule has 0 radical (unpaired) electrons. The van der Waals surface area contributed by atoms with Crippen LogP contribution in [0.5, 0.6) is 0 Å². The number of alkyl halides is 3. The summed E-state index contributed by atoms with van der Waals surface area (Å²) < 4.78 is 38.7. The minimum absolute atomic E-state index is 0.113. The molecular formula is C18H20F3N3O2. The molecule has 1 saturated heterocycles. The van der Waals surface area contributed by atoms with Crippen LogP contribution in [0.15, 0.2) is 41.0 Å². The average Bonchev–Trinajstić information content (AvgIpc) is 2.73. The van der Waals surface area contributed by atoms with E-state index in [1.165, 1.54) is 30.3 Å². The first kappa shape index (κ1) is 19.7. The Morgan fingerprint density at radius 3 is 2.46 bits per heavy atom. The van der Waals surface area contributed by atoms with E-state index in [0.717, 1.165) is 17.0 Å². The zero-order valence-corrected chi connectivity index (χ0v) is 15.0. The molecule has 1 aliphatic heterocycles. The second-order valence-electron chi connectivity index (χ2n) is 6.37. The standard InChI is InChI=1S/C18H20F3N3O2/c1-5-14(10-22-4)24-15(25)17(2,3)23(16(24)26)11-12-7-6-8-13(9-12)18(19,20)21/h5-10H,11H2,1-4H3/b14-5+,22-10?. The molecule has 0 aliphatic carbocycles. The molecule has 0 spiro atoms. The maximum absolute atomic E-state index is 12.9. The highest BCUT2D eigenvalue weighted by molar-refractivity contribution is 6.11. The summed E-state index contributed by atoms with van der Waals surface area (Å²) in [6.07, 6.45) is -1.51. The van der Waals surface area contributed by atoms with E-state index in [9.17, 15) is 22.8 Å². The number of hydrogen-bond donors (Lipinski definition) is 0. The first-order valence-corrected chi connectivity index (χ1v) is 7.94. The van der Waals surface area contributed by atoms with Gasteiger partial charge in [-0.3, -0.25) is 9.79 Å². The van der Waals surface area contributed by atoms with Crippen molar-refractivity contribution < 1.29 is 22.8 Å². The molecule has 0 saturated carbocycles. The van der Waals surface area contributed by atoms with Crippen molar-refractivity contribution in [3.8, 4) is 0 Å². The summed E-state index contributed by atoms with van der Waals surface area (Å²) in [6.45, 7) is 4.69. The third kappa shape index (κ3) is 3.49. The van der Waals surface area contributed by atoms with Crippen molar-refractivity contribution in [1.82, 2.24) is 9.80 Å². The zero-order valence-electron chi connectivity index (χ0n) is 15.0. The average molecular weight is 367 g/mol. The third-order valence-corrected chi connectivity index (χ3v) is 4.23. The van der Waals surface area contributed by atoms with Crippen molar-refractivity contribution in [3.63, 3.8) is 0 Å². The van der Waals surface area contributed by atoms with Gasteiger partial charge >= 0.3 is 12.2 Å². The first-order chi connectivity index (χ1) is 12.0. The Labute approximate surface area is 149 Å². The topological polar surface area (TPSA) is 53.0 Å². The van der Waals surface area contributed by atoms with Gasteiger partial charge in [0, 0.05) is 19.8 Å². The molecule has 1 aromatic carbocycles. The summed E-state index contributed by atoms with van der Waals surface area (Å²) in [7, 11) is 1.51. The molecule has 1 aliphatic rings. The Bertz CT molecular complexity index is 782. The van der Waals surface area contributed by atoms with Gasteiger partial charge in [0.05, 0.1) is 11.3 Å². The number of hydrogen-bond acceptors (Lipinski definition) is 3. The lowest BCUT2D eigenvalue weighted by Crippen LogP contribution is -2.43. The summed E-state index contributed by atoms with van der Waals surface area (Å²) in [6, 6.07) is 4.14. The van der Waals surface area contributed by atoms with Gasteiger partial charge in [-0.15, -0.1) is 0 Å². The number of carbonyl (C=O) groups is 2. The maximum atomic E-state index is 12.9. The van der Waals surface area contributed by atoms with Gasteiger partial charge in [-0.25, -0.2) is 9.69 Å². The molecule has 5 nitrogen and oxygen atoms in total. The van der Waals surface area contributed by atoms with Gasteiger partial charge < -0.3 is 4.90 Å². The van der Waals surface area contributed by atoms with E-state index in [-0.39, 0.29) is 6.54 Å². The number of rotatable bonds is 4. The molecule has 8 heteroatoms. The molecule has 140 valence electrons. The highest BCUT2D eigenvalue weighted by Gasteiger charge is 2.52. The van der Waals surface area contributed by atoms with Crippen molar-refractivity contribution in [3.05, 3.63) is 47.2 Å². The minimum Gasteiger partial charge on any atom is -0.305 e. The van der Waals surface area contributed by atoms with E-state index in [4.69, 9.17) is 0 Å². The van der Waals surface area contributed by atoms with Crippen LogP contribution in [0.2, 0.25) is 0 Å². The van der Waals surface area contributed by atoms with Gasteiger partial charge in [0.25, 0.3) is 5.91 Å². The van der Waals surface area contributed by atoms with E-state index in [2.05, 4.69) is 4.99 Å². The van der Waals surface area contributed by atoms with E-state index >= 15 is 0 Å². The van der Waals surface area contributed by atoms with Crippen LogP contribution in [0.25, 0.3) is 0 Å². The molecule has 0 unspecified atom stereocenters. The molecule has 1 fully saturated rings. The monoisotopic (exact) mass is 367 g/mol. The molecule has 0 atom stereocenters. The summed E-state index contributed by atoms with van der Waals surface area (Å²) in [5.74, 6) is -0.456. The van der Waals surface area contributed by atoms with E-state index in [0.29, 0.717) is 11.3 Å². The Hall–Kier alpha value is -2.64. The number of imide groups is 1. The maximum Gasteiger partial charge on any atom is 0.416 e. The molecule has 2 rings (SSSR count). The van der Waals surface area contributed by atoms with Gasteiger partial charge in [0.1, 0.15) is 5.54 Å². The predicted octanol–water partition coefficient (Wildman–Crippen LogP) is 3.85. The molecule has 1 aromatic rings. The van der Waals surface area contributed by atoms with E-state index < -0.39 is 29.2 Å². The Kier molecular flexibility index (Phi) is 5.25. The Balaban J connectivity index is 2.38. The van der Waals surface area contributed by atoms with E-state index in [1.807, 2.05) is 0 Å². The van der Waals surface area contributed by atoms with Crippen molar-refractivity contribution in [2.24, 2.45) is 4.99 Å². The number of nitrogens with zero attached hydrogens (tertiary/aromatic N) is 3. The SMILES string of the molecule is C/C=C(\C=NC)N1C(=O)N(Cc2cccc(C(F)(F)F)c2)C(C)(C)C1=O. The smallest absolute Gasteiger partial charge is 0.305 e. The van der Waals surface area contributed by atoms with Crippen LogP contribution in [0.3, 0.4) is 0 Å². The van der Waals surface area contributed by atoms with Crippen LogP contribution in [0.4, 0.5) is 18.0 Å². The van der Waals surface area contributed by atoms with Crippen molar-refractivity contribution >= 4 is 18.2 Å². The number of halogens is 3. The third-order valence-electron chi connectivity index (χ3n) is 4.23. The van der Waals surface area contributed by atoms with Crippen LogP contribution in [0.1, 0.15) is 31.9 Å². The highest BCUT2D eigenvalue weighted by Crippen LogP contribution is 2.33. The summed E-state index contributed by atoms with van der Waals surface area (Å²) in [5, 5.41) is 0. The van der Waals surface area contributed by atoms with E-state index in [1.54, 1.807) is 26.8 Å². The second kappa shape index (κ2) is 6.93. The molecule has 0 aromatic heterocycles. The fourth-order valence-corrected chi connectivity index (χ4v) is 2.75. The predicted molar refractivity (Wildman–Crippen MR) is 91.5 cm³/mol. The Morgan fingerprint density at radius 1 is 1.27 bits per heavy atom. The normalized spacial score (nSPS) is 18.3. The van der Waals surface area contributed by atoms with Crippen LogP contribution in [-0.4, -0.2) is 40.5 Å². The van der Waals surface area contributed by atoms with Gasteiger partial charge in [-0.2, -0.15) is 13.2 Å². The molecular weight excluding hydrogens is 347 g/mol. The van der Waals surface area contributed by atoms with Crippen LogP contribution < -0.4 is 0 Å². The number of benzene rings is 1. The highest BCUT2D eigenvalue weighted by atomic mass is 19.4. The largest absolute Gasteiger partial charge is 0.416 e. The lowest BCUT2D eigenvalue weighted by Gasteiger charge is -2.28. The van der Waals surface area contributed by atoms with Crippen LogP contribution in [0, 0.1) is 0 Å². The van der Waals surface area contributed by atoms with Gasteiger partial charge in [-0.05, 0) is 38.5 Å². The molecule has 26 heavy (non-hydrogen) atoms. The summed E-state index contributed by atoms with van der Waals surface area (Å²) in [5.41, 5.74) is -1.37. The summed E-state index contributed by atoms with van der Waals surface area (Å²) in [4.78, 5) is 31.6. The molecule has 0 bridgehead atoms. The van der Waals surface area contributed by atoms with Crippen molar-refractivity contribution in [2.45, 2.75) is 39.0 Å². The fourth-order valence-electron chi connectivity index (χ4n) is 2.75. The molecule has 1 heterocycles. The molecule has 3 amide bonds. The van der Waals surface area contributed by atoms with Gasteiger partial charge in [-0.1, -0.05) is 18.2 Å². The number of amides is 3. The second-order valence-corrected chi connectivity index (χ2v) is 6.37. The Morgan fingerprint density at radius 2 is 1.92 bits per heavy atom. The van der Waals surface area contributed by atoms with Crippen molar-refractivity contribution in [2.75, 3.05) is 7.05 Å². The fraction of sp³-hybridized carbons (Fsp3) is 0.389. The minimum atomic E-state index is -4.47. The zero-order chi connectivity index (χ0) is 19.7. The lowest BCUT2D eigenvalue weighted by atomic mass is 10.0. The number of aliphatic imine (C=N–C) groups is 1. The first-order valence-electron chi connectivity index (χ1n) is 7.94. The van der Waals surface area contributed by atoms with Crippen molar-refractivity contribution in [1.29, 1.82) is 0 Å². The quantitative estimate of drug-likeness (QED) is 0.600. The lowest BCUT2D eigenvalue weighted by molar-refractivity contribution is -0.137. The summed E-state index contributed by atoms with van der Waals surface area (Å²) >= 11 is 0. The molecule has 0 N–H and O–H groups in total. The van der Waals surface area contributed by atoms with Gasteiger partial charge in [0.2, 0.25) is 0 Å². The van der Waals surface area contributed by atoms with Crippen LogP contribution in [-0.2, 0) is 17.5 Å².